The van der Waals surface area contributed by atoms with Crippen LogP contribution in [0.1, 0.15) is 41.9 Å². The molecule has 3 rings (SSSR count). The molecule has 6 nitrogen and oxygen atoms in total. The summed E-state index contributed by atoms with van der Waals surface area (Å²) in [5.74, 6) is 0.302. The molecule has 132 valence electrons. The number of carbonyl (C=O) groups excluding carboxylic acids is 2. The largest absolute Gasteiger partial charge is 0.466 e. The first kappa shape index (κ1) is 17.2. The minimum Gasteiger partial charge on any atom is -0.466 e. The molecule has 0 saturated carbocycles. The Kier molecular flexibility index (Phi) is 4.39. The van der Waals surface area contributed by atoms with Crippen LogP contribution in [0.4, 0.5) is 5.69 Å². The average molecular weight is 342 g/mol. The van der Waals surface area contributed by atoms with Crippen LogP contribution in [-0.2, 0) is 15.2 Å². The molecule has 1 aliphatic rings. The van der Waals surface area contributed by atoms with Crippen molar-refractivity contribution in [1.82, 2.24) is 5.32 Å². The second kappa shape index (κ2) is 6.37. The molecule has 0 unspecified atom stereocenters. The lowest BCUT2D eigenvalue weighted by Gasteiger charge is -2.27. The van der Waals surface area contributed by atoms with Gasteiger partial charge in [0.1, 0.15) is 17.1 Å². The van der Waals surface area contributed by atoms with Gasteiger partial charge in [0, 0.05) is 17.7 Å². The van der Waals surface area contributed by atoms with Gasteiger partial charge in [-0.25, -0.2) is 0 Å². The fraction of sp³-hybridized carbons (Fsp3) is 0.368. The molecule has 25 heavy (non-hydrogen) atoms. The third-order valence-electron chi connectivity index (χ3n) is 4.54. The standard InChI is InChI=1S/C19H22N2O4/c1-11-8-15(12(2)25-11)19(3,24)10-20-18(23)14-9-17(22)21-16-7-5-4-6-13(14)16/h4-8,14,24H,9-10H2,1-3H3,(H,20,23)(H,21,22)/t14-,19+/m1/s1. The van der Waals surface area contributed by atoms with Crippen molar-refractivity contribution in [3.05, 3.63) is 53.0 Å². The predicted molar refractivity (Wildman–Crippen MR) is 93.2 cm³/mol. The number of anilines is 1. The van der Waals surface area contributed by atoms with Crippen LogP contribution < -0.4 is 10.6 Å². The zero-order valence-electron chi connectivity index (χ0n) is 14.6. The summed E-state index contributed by atoms with van der Waals surface area (Å²) in [6.07, 6.45) is 0.0921. The van der Waals surface area contributed by atoms with Crippen molar-refractivity contribution in [2.24, 2.45) is 0 Å². The van der Waals surface area contributed by atoms with Gasteiger partial charge in [0.15, 0.2) is 0 Å². The van der Waals surface area contributed by atoms with E-state index in [-0.39, 0.29) is 24.8 Å². The molecular formula is C19H22N2O4. The number of rotatable bonds is 4. The minimum absolute atomic E-state index is 0.0337. The van der Waals surface area contributed by atoms with Crippen LogP contribution in [0.2, 0.25) is 0 Å². The van der Waals surface area contributed by atoms with Gasteiger partial charge in [-0.15, -0.1) is 0 Å². The first-order valence-electron chi connectivity index (χ1n) is 8.24. The van der Waals surface area contributed by atoms with Crippen LogP contribution in [0.15, 0.2) is 34.7 Å². The lowest BCUT2D eigenvalue weighted by Crippen LogP contribution is -2.42. The number of nitrogens with one attached hydrogen (secondary N) is 2. The fourth-order valence-corrected chi connectivity index (χ4v) is 3.29. The van der Waals surface area contributed by atoms with E-state index in [0.29, 0.717) is 22.8 Å². The quantitative estimate of drug-likeness (QED) is 0.795. The third-order valence-corrected chi connectivity index (χ3v) is 4.54. The van der Waals surface area contributed by atoms with Gasteiger partial charge in [-0.3, -0.25) is 9.59 Å². The van der Waals surface area contributed by atoms with Crippen molar-refractivity contribution in [3.8, 4) is 0 Å². The van der Waals surface area contributed by atoms with Crippen LogP contribution in [0.5, 0.6) is 0 Å². The summed E-state index contributed by atoms with van der Waals surface area (Å²) in [6, 6.07) is 9.03. The van der Waals surface area contributed by atoms with Crippen LogP contribution in [0, 0.1) is 13.8 Å². The highest BCUT2D eigenvalue weighted by Crippen LogP contribution is 2.32. The van der Waals surface area contributed by atoms with Gasteiger partial charge < -0.3 is 20.2 Å². The Balaban J connectivity index is 1.75. The Labute approximate surface area is 146 Å². The highest BCUT2D eigenvalue weighted by molar-refractivity contribution is 6.01. The lowest BCUT2D eigenvalue weighted by atomic mass is 9.89. The number of aliphatic hydroxyl groups is 1. The Bertz CT molecular complexity index is 823. The van der Waals surface area contributed by atoms with Gasteiger partial charge in [0.2, 0.25) is 11.8 Å². The molecular weight excluding hydrogens is 320 g/mol. The number of aryl methyl sites for hydroxylation is 2. The molecule has 0 bridgehead atoms. The minimum atomic E-state index is -1.26. The van der Waals surface area contributed by atoms with Gasteiger partial charge in [-0.2, -0.15) is 0 Å². The SMILES string of the molecule is Cc1cc([C@@](C)(O)CNC(=O)[C@@H]2CC(=O)Nc3ccccc32)c(C)o1. The van der Waals surface area contributed by atoms with E-state index in [1.54, 1.807) is 26.0 Å². The van der Waals surface area contributed by atoms with Gasteiger partial charge in [-0.05, 0) is 38.5 Å². The second-order valence-electron chi connectivity index (χ2n) is 6.71. The van der Waals surface area contributed by atoms with E-state index < -0.39 is 11.5 Å². The smallest absolute Gasteiger partial charge is 0.228 e. The Hall–Kier alpha value is -2.60. The molecule has 1 aromatic heterocycles. The van der Waals surface area contributed by atoms with E-state index in [1.165, 1.54) is 0 Å². The second-order valence-corrected chi connectivity index (χ2v) is 6.71. The van der Waals surface area contributed by atoms with E-state index >= 15 is 0 Å². The van der Waals surface area contributed by atoms with E-state index in [0.717, 1.165) is 5.56 Å². The van der Waals surface area contributed by atoms with Crippen LogP contribution >= 0.6 is 0 Å². The highest BCUT2D eigenvalue weighted by Gasteiger charge is 2.33. The molecule has 2 atom stereocenters. The van der Waals surface area contributed by atoms with Gasteiger partial charge >= 0.3 is 0 Å². The molecule has 2 aromatic rings. The maximum Gasteiger partial charge on any atom is 0.228 e. The van der Waals surface area contributed by atoms with Crippen molar-refractivity contribution in [2.45, 2.75) is 38.7 Å². The average Bonchev–Trinajstić information content (AvgIpc) is 2.91. The van der Waals surface area contributed by atoms with Crippen LogP contribution in [0.3, 0.4) is 0 Å². The van der Waals surface area contributed by atoms with Crippen LogP contribution in [-0.4, -0.2) is 23.5 Å². The van der Waals surface area contributed by atoms with E-state index in [4.69, 9.17) is 4.42 Å². The van der Waals surface area contributed by atoms with Gasteiger partial charge in [-0.1, -0.05) is 18.2 Å². The monoisotopic (exact) mass is 342 g/mol. The summed E-state index contributed by atoms with van der Waals surface area (Å²) in [6.45, 7) is 5.25. The highest BCUT2D eigenvalue weighted by atomic mass is 16.3. The summed E-state index contributed by atoms with van der Waals surface area (Å²) in [7, 11) is 0. The fourth-order valence-electron chi connectivity index (χ4n) is 3.29. The maximum atomic E-state index is 12.6. The molecule has 1 aliphatic heterocycles. The summed E-state index contributed by atoms with van der Waals surface area (Å²) in [5, 5.41) is 16.3. The molecule has 0 radical (unpaired) electrons. The molecule has 1 aromatic carbocycles. The van der Waals surface area contributed by atoms with E-state index in [9.17, 15) is 14.7 Å². The Morgan fingerprint density at radius 2 is 2.12 bits per heavy atom. The number of carbonyl (C=O) groups is 2. The number of furan rings is 1. The first-order valence-corrected chi connectivity index (χ1v) is 8.24. The summed E-state index contributed by atoms with van der Waals surface area (Å²) >= 11 is 0. The summed E-state index contributed by atoms with van der Waals surface area (Å²) in [5.41, 5.74) is 0.835. The first-order chi connectivity index (χ1) is 11.8. The zero-order valence-corrected chi connectivity index (χ0v) is 14.6. The van der Waals surface area contributed by atoms with Crippen LogP contribution in [0.25, 0.3) is 0 Å². The number of amides is 2. The molecule has 2 amide bonds. The Morgan fingerprint density at radius 3 is 2.80 bits per heavy atom. The third kappa shape index (κ3) is 3.44. The molecule has 0 spiro atoms. The number of para-hydroxylation sites is 1. The number of hydrogen-bond acceptors (Lipinski definition) is 4. The molecule has 0 fully saturated rings. The molecule has 2 heterocycles. The van der Waals surface area contributed by atoms with Crippen molar-refractivity contribution in [1.29, 1.82) is 0 Å². The predicted octanol–water partition coefficient (Wildman–Crippen LogP) is 2.35. The Morgan fingerprint density at radius 1 is 1.40 bits per heavy atom. The van der Waals surface area contributed by atoms with Crippen molar-refractivity contribution in [2.75, 3.05) is 11.9 Å². The van der Waals surface area contributed by atoms with Gasteiger partial charge in [0.25, 0.3) is 0 Å². The van der Waals surface area contributed by atoms with E-state index in [2.05, 4.69) is 10.6 Å². The number of benzene rings is 1. The lowest BCUT2D eigenvalue weighted by molar-refractivity contribution is -0.127. The summed E-state index contributed by atoms with van der Waals surface area (Å²) in [4.78, 5) is 24.5. The van der Waals surface area contributed by atoms with Crippen molar-refractivity contribution < 1.29 is 19.1 Å². The maximum absolute atomic E-state index is 12.6. The molecule has 3 N–H and O–H groups in total. The zero-order chi connectivity index (χ0) is 18.2. The summed E-state index contributed by atoms with van der Waals surface area (Å²) < 4.78 is 5.46. The molecule has 6 heteroatoms. The van der Waals surface area contributed by atoms with Gasteiger partial charge in [0.05, 0.1) is 12.5 Å². The van der Waals surface area contributed by atoms with Crippen molar-refractivity contribution >= 4 is 17.5 Å². The topological polar surface area (TPSA) is 91.6 Å². The molecule has 0 saturated heterocycles. The molecule has 0 aliphatic carbocycles. The number of fused-ring (bicyclic) bond motifs is 1. The number of hydrogen-bond donors (Lipinski definition) is 3. The van der Waals surface area contributed by atoms with E-state index in [1.807, 2.05) is 25.1 Å². The van der Waals surface area contributed by atoms with Crippen molar-refractivity contribution in [3.63, 3.8) is 0 Å². The normalized spacial score (nSPS) is 18.9.